The fourth-order valence-electron chi connectivity index (χ4n) is 6.78. The number of nitrogens with one attached hydrogen (secondary N) is 2. The minimum absolute atomic E-state index is 0. The first-order valence-corrected chi connectivity index (χ1v) is 10.5. The highest BCUT2D eigenvalue weighted by Crippen LogP contribution is 2.61. The summed E-state index contributed by atoms with van der Waals surface area (Å²) in [6, 6.07) is 0. The highest BCUT2D eigenvalue weighted by molar-refractivity contribution is 5.89. The normalized spacial score (nSPS) is 35.1. The van der Waals surface area contributed by atoms with Gasteiger partial charge in [0.2, 0.25) is 11.9 Å². The van der Waals surface area contributed by atoms with E-state index in [2.05, 4.69) is 20.7 Å². The van der Waals surface area contributed by atoms with Crippen molar-refractivity contribution < 1.29 is 4.79 Å². The van der Waals surface area contributed by atoms with Gasteiger partial charge in [0.25, 0.3) is 0 Å². The third-order valence-corrected chi connectivity index (χ3v) is 7.44. The minimum atomic E-state index is 0. The molecule has 0 radical (unpaired) electrons. The number of carbonyl (C=O) groups excluding carboxylic acids is 1. The molecule has 1 amide bonds. The minimum Gasteiger partial charge on any atom is -0.317 e. The molecule has 1 aromatic heterocycles. The molecule has 1 saturated heterocycles. The Kier molecular flexibility index (Phi) is 5.23. The van der Waals surface area contributed by atoms with Crippen molar-refractivity contribution in [2.24, 2.45) is 30.2 Å². The van der Waals surface area contributed by atoms with Gasteiger partial charge in [-0.15, -0.1) is 12.4 Å². The summed E-state index contributed by atoms with van der Waals surface area (Å²) in [5, 5.41) is 11.0. The highest BCUT2D eigenvalue weighted by atomic mass is 35.5. The lowest BCUT2D eigenvalue weighted by atomic mass is 9.49. The third-order valence-electron chi connectivity index (χ3n) is 7.44. The number of piperidine rings is 1. The zero-order valence-electron chi connectivity index (χ0n) is 16.2. The van der Waals surface area contributed by atoms with Crippen molar-refractivity contribution >= 4 is 24.3 Å². The summed E-state index contributed by atoms with van der Waals surface area (Å²) in [6.07, 6.45) is 10.9. The molecule has 0 aromatic carbocycles. The van der Waals surface area contributed by atoms with E-state index in [1.165, 1.54) is 38.5 Å². The van der Waals surface area contributed by atoms with E-state index in [0.29, 0.717) is 18.3 Å². The Balaban J connectivity index is 0.00000180. The second kappa shape index (κ2) is 7.36. The molecule has 6 rings (SSSR count). The number of amides is 1. The van der Waals surface area contributed by atoms with Crippen LogP contribution in [0.5, 0.6) is 0 Å². The number of halogens is 1. The molecule has 4 bridgehead atoms. The number of nitrogens with zero attached hydrogens (tertiary/aromatic N) is 3. The maximum atomic E-state index is 12.8. The largest absolute Gasteiger partial charge is 0.317 e. The summed E-state index contributed by atoms with van der Waals surface area (Å²) >= 11 is 0. The average molecular weight is 394 g/mol. The van der Waals surface area contributed by atoms with Crippen molar-refractivity contribution in [1.82, 2.24) is 20.1 Å². The third kappa shape index (κ3) is 3.75. The summed E-state index contributed by atoms with van der Waals surface area (Å²) < 4.78 is 1.74. The smallest absolute Gasteiger partial charge is 0.227 e. The van der Waals surface area contributed by atoms with Gasteiger partial charge in [-0.25, -0.2) is 4.68 Å². The van der Waals surface area contributed by atoms with Crippen LogP contribution >= 0.6 is 12.4 Å². The quantitative estimate of drug-likeness (QED) is 0.823. The lowest BCUT2D eigenvalue weighted by Crippen LogP contribution is -2.47. The molecule has 0 spiro atoms. The standard InChI is InChI=1S/C20H31N5O.ClH/c1-25-19(23-18(24-25)16-2-4-21-5-3-16)22-17(26)12-20-9-13-6-14(10-20)8-15(7-13)11-20;/h13-16,21H,2-12H2,1H3,(H,22,23,24,26);1H. The molecule has 7 heteroatoms. The molecule has 1 aromatic rings. The summed E-state index contributed by atoms with van der Waals surface area (Å²) in [5.74, 6) is 4.71. The van der Waals surface area contributed by atoms with Gasteiger partial charge in [0.1, 0.15) is 0 Å². The first kappa shape index (κ1) is 19.2. The van der Waals surface area contributed by atoms with Crippen LogP contribution in [0.1, 0.15) is 69.5 Å². The Morgan fingerprint density at radius 1 is 1.15 bits per heavy atom. The summed E-state index contributed by atoms with van der Waals surface area (Å²) in [7, 11) is 1.89. The second-order valence-corrected chi connectivity index (χ2v) is 9.58. The number of hydrogen-bond acceptors (Lipinski definition) is 4. The Morgan fingerprint density at radius 3 is 2.33 bits per heavy atom. The van der Waals surface area contributed by atoms with E-state index in [1.807, 2.05) is 7.05 Å². The van der Waals surface area contributed by atoms with E-state index in [4.69, 9.17) is 0 Å². The summed E-state index contributed by atoms with van der Waals surface area (Å²) in [6.45, 7) is 2.05. The van der Waals surface area contributed by atoms with Crippen molar-refractivity contribution in [3.8, 4) is 0 Å². The molecule has 4 saturated carbocycles. The molecule has 4 aliphatic carbocycles. The topological polar surface area (TPSA) is 71.8 Å². The molecule has 1 aliphatic heterocycles. The van der Waals surface area contributed by atoms with E-state index < -0.39 is 0 Å². The summed E-state index contributed by atoms with van der Waals surface area (Å²) in [5.41, 5.74) is 0.273. The van der Waals surface area contributed by atoms with Gasteiger partial charge in [-0.2, -0.15) is 10.1 Å². The second-order valence-electron chi connectivity index (χ2n) is 9.58. The number of rotatable bonds is 4. The number of hydrogen-bond donors (Lipinski definition) is 2. The van der Waals surface area contributed by atoms with Gasteiger partial charge >= 0.3 is 0 Å². The van der Waals surface area contributed by atoms with Crippen molar-refractivity contribution in [1.29, 1.82) is 0 Å². The molecule has 150 valence electrons. The predicted octanol–water partition coefficient (Wildman–Crippen LogP) is 3.25. The van der Waals surface area contributed by atoms with Crippen molar-refractivity contribution in [3.63, 3.8) is 0 Å². The molecule has 2 N–H and O–H groups in total. The van der Waals surface area contributed by atoms with E-state index in [-0.39, 0.29) is 23.7 Å². The van der Waals surface area contributed by atoms with Crippen LogP contribution in [-0.4, -0.2) is 33.8 Å². The van der Waals surface area contributed by atoms with Gasteiger partial charge < -0.3 is 5.32 Å². The number of aryl methyl sites for hydroxylation is 1. The molecular formula is C20H32ClN5O. The molecule has 6 nitrogen and oxygen atoms in total. The summed E-state index contributed by atoms with van der Waals surface area (Å²) in [4.78, 5) is 17.5. The van der Waals surface area contributed by atoms with E-state index >= 15 is 0 Å². The van der Waals surface area contributed by atoms with Crippen LogP contribution < -0.4 is 10.6 Å². The Bertz CT molecular complexity index is 661. The van der Waals surface area contributed by atoms with Crippen LogP contribution in [0.25, 0.3) is 0 Å². The van der Waals surface area contributed by atoms with Crippen molar-refractivity contribution in [2.75, 3.05) is 18.4 Å². The SMILES string of the molecule is Cl.Cn1nc(C2CCNCC2)nc1NC(=O)CC12CC3CC(CC(C3)C1)C2. The number of carbonyl (C=O) groups is 1. The van der Waals surface area contributed by atoms with Gasteiger partial charge in [-0.3, -0.25) is 10.1 Å². The van der Waals surface area contributed by atoms with E-state index in [1.54, 1.807) is 4.68 Å². The lowest BCUT2D eigenvalue weighted by Gasteiger charge is -2.56. The fourth-order valence-corrected chi connectivity index (χ4v) is 6.78. The van der Waals surface area contributed by atoms with E-state index in [9.17, 15) is 4.79 Å². The maximum absolute atomic E-state index is 12.8. The highest BCUT2D eigenvalue weighted by Gasteiger charge is 2.51. The van der Waals surface area contributed by atoms with Crippen LogP contribution in [0, 0.1) is 23.2 Å². The molecule has 27 heavy (non-hydrogen) atoms. The molecule has 5 aliphatic rings. The first-order chi connectivity index (χ1) is 12.6. The zero-order valence-corrected chi connectivity index (χ0v) is 17.1. The average Bonchev–Trinajstić information content (AvgIpc) is 2.94. The van der Waals surface area contributed by atoms with Crippen LogP contribution in [0.2, 0.25) is 0 Å². The molecule has 2 heterocycles. The van der Waals surface area contributed by atoms with Crippen LogP contribution in [0.3, 0.4) is 0 Å². The molecular weight excluding hydrogens is 362 g/mol. The van der Waals surface area contributed by atoms with E-state index in [0.717, 1.165) is 49.5 Å². The van der Waals surface area contributed by atoms with Crippen molar-refractivity contribution in [3.05, 3.63) is 5.82 Å². The van der Waals surface area contributed by atoms with Gasteiger partial charge in [-0.1, -0.05) is 0 Å². The number of aromatic nitrogens is 3. The monoisotopic (exact) mass is 393 g/mol. The lowest BCUT2D eigenvalue weighted by molar-refractivity contribution is -0.124. The van der Waals surface area contributed by atoms with Gasteiger partial charge in [0.15, 0.2) is 5.82 Å². The maximum Gasteiger partial charge on any atom is 0.227 e. The zero-order chi connectivity index (χ0) is 17.7. The van der Waals surface area contributed by atoms with Crippen LogP contribution in [0.4, 0.5) is 5.95 Å². The van der Waals surface area contributed by atoms with Crippen LogP contribution in [0.15, 0.2) is 0 Å². The first-order valence-electron chi connectivity index (χ1n) is 10.5. The number of anilines is 1. The Morgan fingerprint density at radius 2 is 1.74 bits per heavy atom. The van der Waals surface area contributed by atoms with Crippen LogP contribution in [-0.2, 0) is 11.8 Å². The Labute approximate surface area is 167 Å². The van der Waals surface area contributed by atoms with Gasteiger partial charge in [0, 0.05) is 19.4 Å². The van der Waals surface area contributed by atoms with Gasteiger partial charge in [0.05, 0.1) is 0 Å². The molecule has 5 fully saturated rings. The van der Waals surface area contributed by atoms with Crippen molar-refractivity contribution in [2.45, 2.75) is 63.7 Å². The fraction of sp³-hybridized carbons (Fsp3) is 0.850. The molecule has 0 atom stereocenters. The Hall–Kier alpha value is -1.14. The molecule has 0 unspecified atom stereocenters. The predicted molar refractivity (Wildman–Crippen MR) is 107 cm³/mol. The van der Waals surface area contributed by atoms with Gasteiger partial charge in [-0.05, 0) is 87.6 Å².